The molecule has 0 amide bonds. The summed E-state index contributed by atoms with van der Waals surface area (Å²) in [5, 5.41) is 10.7. The van der Waals surface area contributed by atoms with E-state index in [1.54, 1.807) is 6.20 Å². The lowest BCUT2D eigenvalue weighted by Gasteiger charge is -2.34. The van der Waals surface area contributed by atoms with E-state index < -0.39 is 0 Å². The lowest BCUT2D eigenvalue weighted by Crippen LogP contribution is -2.34. The van der Waals surface area contributed by atoms with Gasteiger partial charge in [-0.1, -0.05) is 11.6 Å². The molecule has 3 rings (SSSR count). The molecule has 2 heterocycles. The van der Waals surface area contributed by atoms with Gasteiger partial charge in [0, 0.05) is 36.6 Å². The highest BCUT2D eigenvalue weighted by Gasteiger charge is 2.24. The highest BCUT2D eigenvalue weighted by atomic mass is 35.5. The number of halogens is 1. The van der Waals surface area contributed by atoms with Crippen LogP contribution in [0.5, 0.6) is 0 Å². The van der Waals surface area contributed by atoms with Crippen molar-refractivity contribution in [3.05, 3.63) is 35.0 Å². The molecule has 0 spiro atoms. The molecule has 0 saturated carbocycles. The van der Waals surface area contributed by atoms with Crippen molar-refractivity contribution in [2.75, 3.05) is 18.0 Å². The summed E-state index contributed by atoms with van der Waals surface area (Å²) in [4.78, 5) is 6.86. The Morgan fingerprint density at radius 1 is 1.45 bits per heavy atom. The third-order valence-corrected chi connectivity index (χ3v) is 4.64. The van der Waals surface area contributed by atoms with E-state index >= 15 is 0 Å². The molecule has 0 bridgehead atoms. The molecule has 2 N–H and O–H groups in total. The van der Waals surface area contributed by atoms with Crippen LogP contribution in [0.3, 0.4) is 0 Å². The Kier molecular flexibility index (Phi) is 4.19. The molecule has 1 aromatic heterocycles. The minimum Gasteiger partial charge on any atom is -0.369 e. The van der Waals surface area contributed by atoms with E-state index in [4.69, 9.17) is 22.6 Å². The molecule has 1 saturated heterocycles. The van der Waals surface area contributed by atoms with E-state index in [2.05, 4.69) is 16.0 Å². The van der Waals surface area contributed by atoms with Gasteiger partial charge >= 0.3 is 0 Å². The summed E-state index contributed by atoms with van der Waals surface area (Å²) in [5.41, 5.74) is 9.17. The molecule has 1 fully saturated rings. The summed E-state index contributed by atoms with van der Waals surface area (Å²) < 4.78 is 0. The zero-order valence-electron chi connectivity index (χ0n) is 12.6. The molecule has 1 aromatic carbocycles. The first-order valence-electron chi connectivity index (χ1n) is 7.59. The van der Waals surface area contributed by atoms with Crippen LogP contribution in [0.15, 0.2) is 24.4 Å². The van der Waals surface area contributed by atoms with Crippen molar-refractivity contribution < 1.29 is 0 Å². The Morgan fingerprint density at radius 2 is 2.18 bits per heavy atom. The molecule has 0 radical (unpaired) electrons. The number of nitriles is 1. The van der Waals surface area contributed by atoms with Gasteiger partial charge in [0.1, 0.15) is 0 Å². The molecule has 1 aliphatic rings. The van der Waals surface area contributed by atoms with Crippen molar-refractivity contribution in [1.82, 2.24) is 4.98 Å². The Morgan fingerprint density at radius 3 is 2.82 bits per heavy atom. The predicted octanol–water partition coefficient (Wildman–Crippen LogP) is 3.65. The number of hydrogen-bond acceptors (Lipinski definition) is 4. The van der Waals surface area contributed by atoms with Gasteiger partial charge in [0.2, 0.25) is 0 Å². The number of piperidine rings is 1. The lowest BCUT2D eigenvalue weighted by molar-refractivity contribution is 0.487. The van der Waals surface area contributed by atoms with Crippen LogP contribution >= 0.6 is 11.6 Å². The first-order chi connectivity index (χ1) is 10.6. The highest BCUT2D eigenvalue weighted by Crippen LogP contribution is 2.38. The van der Waals surface area contributed by atoms with Crippen molar-refractivity contribution >= 4 is 28.2 Å². The van der Waals surface area contributed by atoms with E-state index in [0.717, 1.165) is 48.1 Å². The smallest absolute Gasteiger partial charge is 0.0953 e. The van der Waals surface area contributed by atoms with Gasteiger partial charge in [-0.15, -0.1) is 0 Å². The largest absolute Gasteiger partial charge is 0.369 e. The van der Waals surface area contributed by atoms with Crippen molar-refractivity contribution in [2.24, 2.45) is 11.7 Å². The second-order valence-electron chi connectivity index (χ2n) is 5.87. The molecule has 1 aliphatic heterocycles. The van der Waals surface area contributed by atoms with Crippen LogP contribution in [0.4, 0.5) is 5.69 Å². The molecule has 0 aliphatic carbocycles. The molecule has 1 unspecified atom stereocenters. The first kappa shape index (κ1) is 15.1. The second kappa shape index (κ2) is 6.12. The van der Waals surface area contributed by atoms with E-state index in [1.807, 2.05) is 25.1 Å². The Balaban J connectivity index is 2.13. The maximum Gasteiger partial charge on any atom is 0.0953 e. The van der Waals surface area contributed by atoms with Gasteiger partial charge in [0.05, 0.1) is 22.3 Å². The molecule has 5 heteroatoms. The van der Waals surface area contributed by atoms with Crippen LogP contribution in [-0.4, -0.2) is 18.1 Å². The van der Waals surface area contributed by atoms with Gasteiger partial charge in [0.15, 0.2) is 0 Å². The Hall–Kier alpha value is -1.83. The highest BCUT2D eigenvalue weighted by molar-refractivity contribution is 6.36. The number of pyridine rings is 1. The van der Waals surface area contributed by atoms with Crippen LogP contribution in [0, 0.1) is 17.2 Å². The van der Waals surface area contributed by atoms with Crippen LogP contribution < -0.4 is 10.6 Å². The molecule has 22 heavy (non-hydrogen) atoms. The van der Waals surface area contributed by atoms with Gasteiger partial charge in [-0.05, 0) is 43.5 Å². The van der Waals surface area contributed by atoms with Crippen LogP contribution in [-0.2, 0) is 0 Å². The summed E-state index contributed by atoms with van der Waals surface area (Å²) in [7, 11) is 0. The van der Waals surface area contributed by atoms with Crippen molar-refractivity contribution in [3.63, 3.8) is 0 Å². The fraction of sp³-hybridized carbons (Fsp3) is 0.412. The fourth-order valence-electron chi connectivity index (χ4n) is 3.12. The first-order valence-corrected chi connectivity index (χ1v) is 7.97. The number of nitrogens with zero attached hydrogens (tertiary/aromatic N) is 3. The molecule has 114 valence electrons. The van der Waals surface area contributed by atoms with E-state index in [9.17, 15) is 0 Å². The maximum absolute atomic E-state index is 9.08. The zero-order valence-corrected chi connectivity index (χ0v) is 13.3. The maximum atomic E-state index is 9.08. The summed E-state index contributed by atoms with van der Waals surface area (Å²) in [6, 6.07) is 8.10. The summed E-state index contributed by atoms with van der Waals surface area (Å²) in [6.45, 7) is 3.67. The van der Waals surface area contributed by atoms with Gasteiger partial charge < -0.3 is 10.6 Å². The summed E-state index contributed by atoms with van der Waals surface area (Å²) in [6.07, 6.45) is 3.55. The number of aromatic nitrogens is 1. The molecule has 1 atom stereocenters. The predicted molar refractivity (Wildman–Crippen MR) is 89.9 cm³/mol. The third-order valence-electron chi connectivity index (χ3n) is 4.33. The lowest BCUT2D eigenvalue weighted by atomic mass is 9.95. The van der Waals surface area contributed by atoms with Gasteiger partial charge in [-0.2, -0.15) is 5.26 Å². The minimum absolute atomic E-state index is 0.118. The quantitative estimate of drug-likeness (QED) is 0.919. The molecule has 2 aromatic rings. The summed E-state index contributed by atoms with van der Waals surface area (Å²) in [5.74, 6) is 0.154. The number of rotatable bonds is 2. The number of benzene rings is 1. The SMILES string of the molecule is CC(N)c1cc(Cl)c2cccnc2c1N1CCC(C#N)CC1. The number of fused-ring (bicyclic) bond motifs is 1. The topological polar surface area (TPSA) is 65.9 Å². The Labute approximate surface area is 135 Å². The van der Waals surface area contributed by atoms with E-state index in [-0.39, 0.29) is 12.0 Å². The molecular weight excluding hydrogens is 296 g/mol. The van der Waals surface area contributed by atoms with Crippen LogP contribution in [0.2, 0.25) is 5.02 Å². The number of nitrogens with two attached hydrogens (primary N) is 1. The fourth-order valence-corrected chi connectivity index (χ4v) is 3.39. The van der Waals surface area contributed by atoms with E-state index in [1.165, 1.54) is 0 Å². The minimum atomic E-state index is -0.118. The summed E-state index contributed by atoms with van der Waals surface area (Å²) >= 11 is 6.41. The molecule has 4 nitrogen and oxygen atoms in total. The Bertz CT molecular complexity index is 727. The number of anilines is 1. The van der Waals surface area contributed by atoms with Crippen molar-refractivity contribution in [1.29, 1.82) is 5.26 Å². The average Bonchev–Trinajstić information content (AvgIpc) is 2.55. The second-order valence-corrected chi connectivity index (χ2v) is 6.28. The van der Waals surface area contributed by atoms with Gasteiger partial charge in [-0.3, -0.25) is 4.98 Å². The normalized spacial score (nSPS) is 17.5. The van der Waals surface area contributed by atoms with Crippen molar-refractivity contribution in [2.45, 2.75) is 25.8 Å². The zero-order chi connectivity index (χ0) is 15.7. The average molecular weight is 315 g/mol. The molecular formula is C17H19ClN4. The van der Waals surface area contributed by atoms with Gasteiger partial charge in [0.25, 0.3) is 0 Å². The van der Waals surface area contributed by atoms with E-state index in [0.29, 0.717) is 5.02 Å². The van der Waals surface area contributed by atoms with Crippen LogP contribution in [0.25, 0.3) is 10.9 Å². The third kappa shape index (κ3) is 2.63. The monoisotopic (exact) mass is 314 g/mol. The standard InChI is InChI=1S/C17H19ClN4/c1-11(20)14-9-15(18)13-3-2-6-21-16(13)17(14)22-7-4-12(10-19)5-8-22/h2-3,6,9,11-12H,4-5,7-8,20H2,1H3. The van der Waals surface area contributed by atoms with Crippen LogP contribution in [0.1, 0.15) is 31.4 Å². The number of hydrogen-bond donors (Lipinski definition) is 1. The van der Waals surface area contributed by atoms with Crippen molar-refractivity contribution in [3.8, 4) is 6.07 Å². The van der Waals surface area contributed by atoms with Gasteiger partial charge in [-0.25, -0.2) is 0 Å².